The van der Waals surface area contributed by atoms with Gasteiger partial charge in [0.1, 0.15) is 47.3 Å². The van der Waals surface area contributed by atoms with Crippen LogP contribution in [0.25, 0.3) is 11.4 Å². The summed E-state index contributed by atoms with van der Waals surface area (Å²) in [6.07, 6.45) is -7.70. The number of carboxylic acid groups (broad SMARTS) is 1. The molecule has 0 bridgehead atoms. The van der Waals surface area contributed by atoms with Crippen molar-refractivity contribution in [2.75, 3.05) is 32.8 Å². The average Bonchev–Trinajstić information content (AvgIpc) is 1.57. The Labute approximate surface area is 647 Å². The van der Waals surface area contributed by atoms with Crippen molar-refractivity contribution in [2.24, 2.45) is 0 Å². The fourth-order valence-electron chi connectivity index (χ4n) is 9.37. The lowest BCUT2D eigenvalue weighted by atomic mass is 10.0. The van der Waals surface area contributed by atoms with Crippen molar-refractivity contribution < 1.29 is 64.4 Å². The standard InChI is InChI=1S/C36H6.C24H22F4N4O3.C14H17F4NO2.C10H9N3O3.ClH.H4P2/c1-3-5-7-9-11-13-15-17-19-21-23-25-27-29-31-33-35-36-34-32-30-28-26-24-22-20-18-16-14-12-10-8-6-4-2;1-14-11-31(13-29-14)19-6-7-20-22(33)30(8-9-32(20)23(19)34)12-17-10-18(25)21(35-17)15-2-4-16(5-3-15)24(26,27)28;15-12-7-11(8-19-5-6-20)21-13(12)9-1-3-10(4-2-9)14(16,17)18;1-6-4-13(5-11-6)8-3-2-7(10(15)16)12-9(8)14;;1-2/h1-2H3;2-7,11,13,17-18,21H,8-10,12H2,1H3;1-4,11-13,19-20H,5-8H2;2-5H,1H3,(H,12,14)(H,15,16);1H;1-2H2/t;17-,18+,21-;11?,12-,13+;;;/m.01.../s1. The highest BCUT2D eigenvalue weighted by molar-refractivity contribution is 7.92. The number of alkyl halides is 8. The van der Waals surface area contributed by atoms with Gasteiger partial charge in [-0.3, -0.25) is 14.4 Å². The van der Waals surface area contributed by atoms with E-state index in [1.54, 1.807) is 54.4 Å². The molecule has 2 saturated heterocycles. The number of aliphatic hydroxyl groups excluding tert-OH is 1. The summed E-state index contributed by atoms with van der Waals surface area (Å²) in [5.74, 6) is 84.1. The summed E-state index contributed by atoms with van der Waals surface area (Å²) in [4.78, 5) is 60.1. The SMILES string of the molecule is CC#CC#CC#CC#CC#CC#CC#CC#CC#CC#CC#CC#CC#CC#CC#CC#CC#CC.Cc1cn(-c2ccc(C(=O)O)[nH]c2=O)cn1.Cc1cn(-c2ccc3n(c2=O)CCN(C[C@@H]2C[C@@H](F)[C@H](c4ccc(C(F)(F)F)cc4)O2)C3=O)cn1.Cl.OCCNCC1C[C@@H](F)[C@H](c2ccc(C(F)(F)F)cc2)O1.PP. The van der Waals surface area contributed by atoms with Crippen LogP contribution < -0.4 is 16.4 Å². The number of imidazole rings is 2. The predicted molar refractivity (Wildman–Crippen MR) is 412 cm³/mol. The van der Waals surface area contributed by atoms with E-state index in [1.165, 1.54) is 58.5 Å². The van der Waals surface area contributed by atoms with Crippen LogP contribution in [0.3, 0.4) is 0 Å². The summed E-state index contributed by atoms with van der Waals surface area (Å²) in [7, 11) is 4.67. The van der Waals surface area contributed by atoms with E-state index in [0.29, 0.717) is 35.6 Å². The molecule has 27 heteroatoms. The number of aromatic nitrogens is 6. The number of fused-ring (bicyclic) bond motifs is 1. The number of hydrogen-bond donors (Lipinski definition) is 4. The van der Waals surface area contributed by atoms with Gasteiger partial charge in [-0.15, -0.1) is 30.3 Å². The van der Waals surface area contributed by atoms with Gasteiger partial charge in [-0.2, -0.15) is 26.3 Å². The van der Waals surface area contributed by atoms with E-state index in [2.05, 4.69) is 239 Å². The molecular formula is C84H59ClF8N8O8P2. The van der Waals surface area contributed by atoms with Crippen molar-refractivity contribution >= 4 is 42.1 Å². The van der Waals surface area contributed by atoms with Crippen molar-refractivity contribution in [1.82, 2.24) is 38.9 Å². The molecule has 9 rings (SSSR count). The first-order valence-electron chi connectivity index (χ1n) is 32.0. The number of carbonyl (C=O) groups is 2. The van der Waals surface area contributed by atoms with Gasteiger partial charge in [-0.05, 0) is 182 Å². The average molecular weight is 1560 g/mol. The highest BCUT2D eigenvalue weighted by Crippen LogP contribution is 2.39. The van der Waals surface area contributed by atoms with Crippen LogP contribution in [0.15, 0.2) is 107 Å². The number of nitrogens with one attached hydrogen (secondary N) is 2. The molecular weight excluding hydrogens is 1500 g/mol. The van der Waals surface area contributed by atoms with Crippen molar-refractivity contribution in [3.8, 4) is 213 Å². The lowest BCUT2D eigenvalue weighted by molar-refractivity contribution is -0.138. The normalized spacial score (nSPS) is 14.9. The number of aryl methyl sites for hydroxylation is 2. The zero-order valence-electron chi connectivity index (χ0n) is 59.0. The van der Waals surface area contributed by atoms with Crippen LogP contribution in [0.2, 0.25) is 0 Å². The van der Waals surface area contributed by atoms with E-state index in [4.69, 9.17) is 19.7 Å². The Bertz CT molecular complexity index is 5520. The van der Waals surface area contributed by atoms with Gasteiger partial charge in [0, 0.05) is 153 Å². The number of carbonyl (C=O) groups excluding carboxylic acids is 1. The number of aromatic amines is 1. The number of halogens is 9. The predicted octanol–water partition coefficient (Wildman–Crippen LogP) is 8.87. The molecule has 7 heterocycles. The molecule has 4 N–H and O–H groups in total. The molecule has 0 radical (unpaired) electrons. The third kappa shape index (κ3) is 31.6. The molecule has 1 amide bonds. The lowest BCUT2D eigenvalue weighted by Crippen LogP contribution is -2.47. The van der Waals surface area contributed by atoms with Crippen LogP contribution >= 0.6 is 30.3 Å². The quantitative estimate of drug-likeness (QED) is 0.0418. The van der Waals surface area contributed by atoms with E-state index < -0.39 is 65.7 Å². The Morgan fingerprint density at radius 3 is 1.24 bits per heavy atom. The maximum absolute atomic E-state index is 14.7. The number of aliphatic hydroxyl groups is 1. The Balaban J connectivity index is 0.000000322. The number of amides is 1. The topological polar surface area (TPSA) is 199 Å². The third-order valence-electron chi connectivity index (χ3n) is 14.1. The Morgan fingerprint density at radius 1 is 0.541 bits per heavy atom. The first kappa shape index (κ1) is 90.0. The summed E-state index contributed by atoms with van der Waals surface area (Å²) in [5.41, 5.74) is 0.729. The van der Waals surface area contributed by atoms with Crippen LogP contribution in [0, 0.1) is 215 Å². The minimum atomic E-state index is -4.47. The van der Waals surface area contributed by atoms with Gasteiger partial charge >= 0.3 is 18.3 Å². The first-order valence-corrected chi connectivity index (χ1v) is 34.6. The minimum absolute atomic E-state index is 0. The summed E-state index contributed by atoms with van der Waals surface area (Å²) < 4.78 is 120. The largest absolute Gasteiger partial charge is 0.477 e. The molecule has 4 aromatic heterocycles. The fraction of sp³-hybridized carbons (Fsp3) is 0.238. The Kier molecular flexibility index (Phi) is 39.6. The number of hydrogen-bond acceptors (Lipinski definition) is 10. The van der Waals surface area contributed by atoms with Gasteiger partial charge in [0.25, 0.3) is 17.0 Å². The Hall–Kier alpha value is -13.4. The van der Waals surface area contributed by atoms with Crippen molar-refractivity contribution in [1.29, 1.82) is 0 Å². The maximum Gasteiger partial charge on any atom is 0.416 e. The van der Waals surface area contributed by atoms with E-state index in [-0.39, 0.29) is 80.4 Å². The summed E-state index contributed by atoms with van der Waals surface area (Å²) >= 11 is 0. The van der Waals surface area contributed by atoms with Gasteiger partial charge in [0.15, 0.2) is 0 Å². The number of H-pyrrole nitrogens is 1. The second kappa shape index (κ2) is 48.8. The minimum Gasteiger partial charge on any atom is -0.477 e. The molecule has 111 heavy (non-hydrogen) atoms. The molecule has 0 aliphatic carbocycles. The molecule has 3 unspecified atom stereocenters. The second-order valence-corrected chi connectivity index (χ2v) is 21.6. The van der Waals surface area contributed by atoms with Crippen LogP contribution in [0.5, 0.6) is 0 Å². The van der Waals surface area contributed by atoms with Crippen molar-refractivity contribution in [3.63, 3.8) is 0 Å². The number of ether oxygens (including phenoxy) is 2. The lowest BCUT2D eigenvalue weighted by Gasteiger charge is -2.31. The van der Waals surface area contributed by atoms with Crippen molar-refractivity contribution in [3.05, 3.63) is 164 Å². The molecule has 3 aliphatic heterocycles. The van der Waals surface area contributed by atoms with E-state index in [9.17, 15) is 54.3 Å². The number of rotatable bonds is 11. The molecule has 6 aromatic rings. The van der Waals surface area contributed by atoms with Gasteiger partial charge in [0.2, 0.25) is 0 Å². The zero-order valence-corrected chi connectivity index (χ0v) is 62.1. The van der Waals surface area contributed by atoms with E-state index in [0.717, 1.165) is 35.7 Å². The van der Waals surface area contributed by atoms with Crippen LogP contribution in [0.4, 0.5) is 35.1 Å². The summed E-state index contributed by atoms with van der Waals surface area (Å²) in [6, 6.07) is 14.6. The highest BCUT2D eigenvalue weighted by Gasteiger charge is 2.40. The maximum atomic E-state index is 14.7. The molecule has 556 valence electrons. The number of benzene rings is 2. The van der Waals surface area contributed by atoms with E-state index >= 15 is 0 Å². The van der Waals surface area contributed by atoms with Crippen LogP contribution in [-0.2, 0) is 28.4 Å². The molecule has 2 fully saturated rings. The van der Waals surface area contributed by atoms with Crippen LogP contribution in [-0.4, -0.2) is 113 Å². The van der Waals surface area contributed by atoms with Crippen LogP contribution in [0.1, 0.15) is 93.5 Å². The summed E-state index contributed by atoms with van der Waals surface area (Å²) in [6.45, 7) is 8.41. The molecule has 3 aliphatic rings. The highest BCUT2D eigenvalue weighted by atomic mass is 35.5. The molecule has 16 nitrogen and oxygen atoms in total. The van der Waals surface area contributed by atoms with Gasteiger partial charge in [0.05, 0.1) is 54.0 Å². The number of carboxylic acids is 1. The number of aromatic carboxylic acids is 1. The first-order chi connectivity index (χ1) is 53.0. The van der Waals surface area contributed by atoms with E-state index in [1.807, 2.05) is 6.92 Å². The molecule has 0 saturated carbocycles. The molecule has 8 atom stereocenters. The number of nitrogens with zero attached hydrogens (tertiary/aromatic N) is 6. The third-order valence-corrected chi connectivity index (χ3v) is 14.1. The smallest absolute Gasteiger partial charge is 0.416 e. The zero-order chi connectivity index (χ0) is 80.1. The Morgan fingerprint density at radius 2 is 0.901 bits per heavy atom. The van der Waals surface area contributed by atoms with Gasteiger partial charge < -0.3 is 48.6 Å². The monoisotopic (exact) mass is 1560 g/mol. The van der Waals surface area contributed by atoms with Crippen molar-refractivity contribution in [2.45, 2.75) is 96.2 Å². The van der Waals surface area contributed by atoms with Gasteiger partial charge in [-0.1, -0.05) is 36.1 Å². The molecule has 2 aromatic carbocycles. The molecule has 0 spiro atoms. The van der Waals surface area contributed by atoms with Gasteiger partial charge in [-0.25, -0.2) is 23.5 Å². The fourth-order valence-corrected chi connectivity index (χ4v) is 9.37. The summed E-state index contributed by atoms with van der Waals surface area (Å²) in [5, 5.41) is 20.2. The number of pyridine rings is 2. The second-order valence-electron chi connectivity index (χ2n) is 21.6.